The van der Waals surface area contributed by atoms with E-state index in [0.29, 0.717) is 5.92 Å². The third-order valence-corrected chi connectivity index (χ3v) is 5.45. The van der Waals surface area contributed by atoms with Crippen LogP contribution in [0.15, 0.2) is 0 Å². The van der Waals surface area contributed by atoms with E-state index in [9.17, 15) is 4.79 Å². The molecule has 0 radical (unpaired) electrons. The molecule has 0 bridgehead atoms. The molecule has 1 saturated carbocycles. The first-order valence-corrected chi connectivity index (χ1v) is 9.36. The van der Waals surface area contributed by atoms with E-state index in [1.165, 1.54) is 38.5 Å². The number of esters is 1. The van der Waals surface area contributed by atoms with Gasteiger partial charge in [-0.15, -0.1) is 0 Å². The maximum Gasteiger partial charge on any atom is 0.309 e. The van der Waals surface area contributed by atoms with Gasteiger partial charge in [-0.05, 0) is 43.9 Å². The topological polar surface area (TPSA) is 26.3 Å². The molecule has 2 nitrogen and oxygen atoms in total. The normalized spacial score (nSPS) is 19.5. The van der Waals surface area contributed by atoms with Crippen LogP contribution in [-0.4, -0.2) is 12.1 Å². The zero-order valence-electron chi connectivity index (χ0n) is 14.7. The van der Waals surface area contributed by atoms with Crippen LogP contribution in [0.1, 0.15) is 91.9 Å². The van der Waals surface area contributed by atoms with Gasteiger partial charge in [-0.1, -0.05) is 59.8 Å². The predicted molar refractivity (Wildman–Crippen MR) is 89.2 cm³/mol. The quantitative estimate of drug-likeness (QED) is 0.507. The Morgan fingerprint density at radius 2 is 1.57 bits per heavy atom. The van der Waals surface area contributed by atoms with Crippen molar-refractivity contribution in [2.45, 2.75) is 98.0 Å². The average molecular weight is 296 g/mol. The molecule has 2 atom stereocenters. The largest absolute Gasteiger partial charge is 0.462 e. The molecule has 0 N–H and O–H groups in total. The summed E-state index contributed by atoms with van der Waals surface area (Å²) in [6, 6.07) is 0. The first kappa shape index (κ1) is 18.5. The molecule has 0 heterocycles. The van der Waals surface area contributed by atoms with Gasteiger partial charge in [0.25, 0.3) is 0 Å². The van der Waals surface area contributed by atoms with Crippen molar-refractivity contribution in [2.75, 3.05) is 0 Å². The molecule has 21 heavy (non-hydrogen) atoms. The van der Waals surface area contributed by atoms with Gasteiger partial charge in [-0.25, -0.2) is 0 Å². The monoisotopic (exact) mass is 296 g/mol. The highest BCUT2D eigenvalue weighted by Gasteiger charge is 2.28. The van der Waals surface area contributed by atoms with E-state index >= 15 is 0 Å². The van der Waals surface area contributed by atoms with Crippen molar-refractivity contribution in [3.05, 3.63) is 0 Å². The maximum atomic E-state index is 12.4. The van der Waals surface area contributed by atoms with Gasteiger partial charge in [0.05, 0.1) is 5.92 Å². The molecule has 0 aliphatic heterocycles. The first-order chi connectivity index (χ1) is 10.2. The van der Waals surface area contributed by atoms with E-state index in [1.54, 1.807) is 0 Å². The summed E-state index contributed by atoms with van der Waals surface area (Å²) >= 11 is 0. The summed E-state index contributed by atoms with van der Waals surface area (Å²) in [5.74, 6) is 1.58. The fraction of sp³-hybridized carbons (Fsp3) is 0.947. The minimum Gasteiger partial charge on any atom is -0.462 e. The van der Waals surface area contributed by atoms with Gasteiger partial charge in [0.2, 0.25) is 0 Å². The number of hydrogen-bond acceptors (Lipinski definition) is 2. The molecule has 1 aliphatic carbocycles. The molecular weight excluding hydrogens is 260 g/mol. The summed E-state index contributed by atoms with van der Waals surface area (Å²) in [4.78, 5) is 12.4. The average Bonchev–Trinajstić information content (AvgIpc) is 2.55. The predicted octanol–water partition coefficient (Wildman–Crippen LogP) is 5.74. The van der Waals surface area contributed by atoms with Crippen LogP contribution in [-0.2, 0) is 9.53 Å². The Morgan fingerprint density at radius 1 is 0.952 bits per heavy atom. The summed E-state index contributed by atoms with van der Waals surface area (Å²) in [6.45, 7) is 8.95. The van der Waals surface area contributed by atoms with Crippen LogP contribution in [0.2, 0.25) is 0 Å². The second-order valence-electron chi connectivity index (χ2n) is 6.81. The lowest BCUT2D eigenvalue weighted by molar-refractivity contribution is -0.158. The van der Waals surface area contributed by atoms with Gasteiger partial charge in [-0.2, -0.15) is 0 Å². The van der Waals surface area contributed by atoms with Crippen LogP contribution >= 0.6 is 0 Å². The van der Waals surface area contributed by atoms with Crippen molar-refractivity contribution in [2.24, 2.45) is 17.8 Å². The van der Waals surface area contributed by atoms with E-state index < -0.39 is 0 Å². The highest BCUT2D eigenvalue weighted by molar-refractivity contribution is 5.72. The molecule has 1 fully saturated rings. The number of rotatable bonds is 9. The van der Waals surface area contributed by atoms with Crippen LogP contribution < -0.4 is 0 Å². The van der Waals surface area contributed by atoms with Crippen LogP contribution in [0.25, 0.3) is 0 Å². The molecular formula is C19H36O2. The summed E-state index contributed by atoms with van der Waals surface area (Å²) in [5, 5.41) is 0. The second-order valence-corrected chi connectivity index (χ2v) is 6.81. The fourth-order valence-corrected chi connectivity index (χ4v) is 3.73. The Labute approximate surface area is 132 Å². The maximum absolute atomic E-state index is 12.4. The summed E-state index contributed by atoms with van der Waals surface area (Å²) in [7, 11) is 0. The van der Waals surface area contributed by atoms with Crippen LogP contribution in [0.3, 0.4) is 0 Å². The summed E-state index contributed by atoms with van der Waals surface area (Å²) < 4.78 is 5.94. The van der Waals surface area contributed by atoms with E-state index in [1.807, 2.05) is 0 Å². The SMILES string of the molecule is CCC(CC)CC(CC)C(CC)OC(=O)C1CCCCC1. The smallest absolute Gasteiger partial charge is 0.309 e. The van der Waals surface area contributed by atoms with Crippen molar-refractivity contribution >= 4 is 5.97 Å². The van der Waals surface area contributed by atoms with Gasteiger partial charge < -0.3 is 4.74 Å². The Kier molecular flexibility index (Phi) is 9.03. The van der Waals surface area contributed by atoms with E-state index in [0.717, 1.165) is 31.6 Å². The van der Waals surface area contributed by atoms with Gasteiger partial charge in [0.15, 0.2) is 0 Å². The highest BCUT2D eigenvalue weighted by atomic mass is 16.5. The van der Waals surface area contributed by atoms with Crippen molar-refractivity contribution in [1.82, 2.24) is 0 Å². The molecule has 0 amide bonds. The standard InChI is InChI=1S/C19H36O2/c1-5-15(6-2)14-16(7-3)18(8-4)21-19(20)17-12-10-9-11-13-17/h15-18H,5-14H2,1-4H3. The summed E-state index contributed by atoms with van der Waals surface area (Å²) in [5.41, 5.74) is 0. The zero-order valence-corrected chi connectivity index (χ0v) is 14.7. The molecule has 0 aromatic heterocycles. The molecule has 1 rings (SSSR count). The summed E-state index contributed by atoms with van der Waals surface area (Å²) in [6.07, 6.45) is 11.6. The number of ether oxygens (including phenoxy) is 1. The molecule has 0 spiro atoms. The molecule has 0 saturated heterocycles. The van der Waals surface area contributed by atoms with Crippen molar-refractivity contribution in [1.29, 1.82) is 0 Å². The molecule has 0 aromatic carbocycles. The van der Waals surface area contributed by atoms with Gasteiger partial charge in [-0.3, -0.25) is 4.79 Å². The van der Waals surface area contributed by atoms with Crippen LogP contribution in [0.5, 0.6) is 0 Å². The van der Waals surface area contributed by atoms with Crippen molar-refractivity contribution < 1.29 is 9.53 Å². The third kappa shape index (κ3) is 6.00. The van der Waals surface area contributed by atoms with Crippen molar-refractivity contribution in [3.63, 3.8) is 0 Å². The lowest BCUT2D eigenvalue weighted by Gasteiger charge is -2.30. The minimum absolute atomic E-state index is 0.0875. The second kappa shape index (κ2) is 10.2. The lowest BCUT2D eigenvalue weighted by Crippen LogP contribution is -2.31. The number of hydrogen-bond donors (Lipinski definition) is 0. The van der Waals surface area contributed by atoms with Crippen LogP contribution in [0, 0.1) is 17.8 Å². The fourth-order valence-electron chi connectivity index (χ4n) is 3.73. The Balaban J connectivity index is 2.55. The third-order valence-electron chi connectivity index (χ3n) is 5.45. The number of carbonyl (C=O) groups is 1. The lowest BCUT2D eigenvalue weighted by atomic mass is 9.84. The molecule has 124 valence electrons. The van der Waals surface area contributed by atoms with E-state index in [2.05, 4.69) is 27.7 Å². The Hall–Kier alpha value is -0.530. The van der Waals surface area contributed by atoms with E-state index in [-0.39, 0.29) is 18.0 Å². The number of carbonyl (C=O) groups excluding carboxylic acids is 1. The highest BCUT2D eigenvalue weighted by Crippen LogP contribution is 2.30. The van der Waals surface area contributed by atoms with Gasteiger partial charge in [0.1, 0.15) is 6.10 Å². The molecule has 2 heteroatoms. The molecule has 1 aliphatic rings. The first-order valence-electron chi connectivity index (χ1n) is 9.36. The van der Waals surface area contributed by atoms with E-state index in [4.69, 9.17) is 4.74 Å². The van der Waals surface area contributed by atoms with Crippen molar-refractivity contribution in [3.8, 4) is 0 Å². The van der Waals surface area contributed by atoms with Gasteiger partial charge in [0, 0.05) is 0 Å². The minimum atomic E-state index is 0.0875. The zero-order chi connectivity index (χ0) is 15.7. The Morgan fingerprint density at radius 3 is 2.05 bits per heavy atom. The molecule has 0 aromatic rings. The Bertz CT molecular complexity index is 277. The molecule has 2 unspecified atom stereocenters. The van der Waals surface area contributed by atoms with Crippen LogP contribution in [0.4, 0.5) is 0 Å². The van der Waals surface area contributed by atoms with Gasteiger partial charge >= 0.3 is 5.97 Å².